The molecule has 10 heteroatoms. The number of hydrogen-bond acceptors (Lipinski definition) is 6. The van der Waals surface area contributed by atoms with E-state index >= 15 is 0 Å². The van der Waals surface area contributed by atoms with Crippen molar-refractivity contribution in [1.29, 1.82) is 5.41 Å². The molecule has 1 heterocycles. The molecule has 0 spiro atoms. The third-order valence-corrected chi connectivity index (χ3v) is 2.60. The van der Waals surface area contributed by atoms with Crippen LogP contribution in [0.1, 0.15) is 19.8 Å². The lowest BCUT2D eigenvalue weighted by Gasteiger charge is -2.32. The summed E-state index contributed by atoms with van der Waals surface area (Å²) in [6.45, 7) is 0.898. The smallest absolute Gasteiger partial charge is 0.370 e. The van der Waals surface area contributed by atoms with E-state index in [-0.39, 0.29) is 24.0 Å². The van der Waals surface area contributed by atoms with Crippen LogP contribution in [0.2, 0.25) is 0 Å². The highest BCUT2D eigenvalue weighted by atomic mass is 16.5. The van der Waals surface area contributed by atoms with Gasteiger partial charge in [-0.25, -0.2) is 4.79 Å². The van der Waals surface area contributed by atoms with Crippen LogP contribution in [-0.4, -0.2) is 58.0 Å². The number of carboxylic acids is 1. The molecule has 0 aliphatic carbocycles. The van der Waals surface area contributed by atoms with Crippen molar-refractivity contribution >= 4 is 17.8 Å². The predicted octanol–water partition coefficient (Wildman–Crippen LogP) is -2.17. The second kappa shape index (κ2) is 9.58. The lowest BCUT2D eigenvalue weighted by atomic mass is 9.98. The van der Waals surface area contributed by atoms with E-state index in [0.29, 0.717) is 6.42 Å². The summed E-state index contributed by atoms with van der Waals surface area (Å²) in [6.07, 6.45) is 0.0486. The summed E-state index contributed by atoms with van der Waals surface area (Å²) in [6, 6.07) is -0.410. The molecule has 1 amide bonds. The molecule has 0 aromatic heterocycles. The van der Waals surface area contributed by atoms with Crippen LogP contribution in [0.5, 0.6) is 0 Å². The normalized spacial score (nSPS) is 21.3. The first-order valence-corrected chi connectivity index (χ1v) is 6.43. The average Bonchev–Trinajstić information content (AvgIpc) is 2.39. The van der Waals surface area contributed by atoms with Gasteiger partial charge >= 0.3 is 5.97 Å². The molecule has 10 nitrogen and oxygen atoms in total. The molecule has 0 saturated carbocycles. The molecule has 1 aliphatic rings. The van der Waals surface area contributed by atoms with Crippen molar-refractivity contribution in [3.63, 3.8) is 0 Å². The minimum absolute atomic E-state index is 0.0477. The number of aliphatic hydroxyl groups excluding tert-OH is 2. The van der Waals surface area contributed by atoms with Gasteiger partial charge in [0.15, 0.2) is 5.96 Å². The molecule has 1 aliphatic heterocycles. The zero-order valence-corrected chi connectivity index (χ0v) is 12.2. The molecule has 0 bridgehead atoms. The monoisotopic (exact) mass is 318 g/mol. The fourth-order valence-corrected chi connectivity index (χ4v) is 1.78. The Labute approximate surface area is 127 Å². The van der Waals surface area contributed by atoms with E-state index in [1.165, 1.54) is 13.0 Å². The van der Waals surface area contributed by atoms with Gasteiger partial charge in [-0.3, -0.25) is 10.2 Å². The Morgan fingerprint density at radius 1 is 1.55 bits per heavy atom. The molecule has 0 saturated heterocycles. The van der Waals surface area contributed by atoms with Crippen LogP contribution in [0.15, 0.2) is 11.8 Å². The summed E-state index contributed by atoms with van der Waals surface area (Å²) < 4.78 is 5.21. The summed E-state index contributed by atoms with van der Waals surface area (Å²) in [7, 11) is 0. The highest BCUT2D eigenvalue weighted by Crippen LogP contribution is 2.21. The second-order valence-electron chi connectivity index (χ2n) is 4.60. The fourth-order valence-electron chi connectivity index (χ4n) is 1.78. The van der Waals surface area contributed by atoms with Crippen molar-refractivity contribution in [2.75, 3.05) is 6.61 Å². The zero-order chi connectivity index (χ0) is 17.3. The molecule has 9 N–H and O–H groups in total. The number of nitrogens with two attached hydrogens (primary N) is 2. The molecule has 1 rings (SSSR count). The number of nitrogens with one attached hydrogen (secondary N) is 2. The van der Waals surface area contributed by atoms with Gasteiger partial charge in [0, 0.05) is 13.3 Å². The van der Waals surface area contributed by atoms with Crippen LogP contribution in [0.4, 0.5) is 0 Å². The summed E-state index contributed by atoms with van der Waals surface area (Å²) in [5.74, 6) is -1.99. The maximum absolute atomic E-state index is 11.0. The Morgan fingerprint density at radius 3 is 2.50 bits per heavy atom. The number of ether oxygens (including phenoxy) is 1. The van der Waals surface area contributed by atoms with E-state index in [1.54, 1.807) is 0 Å². The van der Waals surface area contributed by atoms with E-state index < -0.39 is 30.8 Å². The minimum Gasteiger partial charge on any atom is -0.481 e. The third kappa shape index (κ3) is 8.07. The fraction of sp³-hybridized carbons (Fsp3) is 0.583. The van der Waals surface area contributed by atoms with E-state index in [2.05, 4.69) is 16.8 Å². The second-order valence-corrected chi connectivity index (χ2v) is 4.60. The van der Waals surface area contributed by atoms with E-state index in [1.807, 2.05) is 0 Å². The van der Waals surface area contributed by atoms with Crippen molar-refractivity contribution in [3.05, 3.63) is 11.8 Å². The first-order chi connectivity index (χ1) is 10.2. The average molecular weight is 318 g/mol. The van der Waals surface area contributed by atoms with Crippen LogP contribution in [0, 0.1) is 5.41 Å². The van der Waals surface area contributed by atoms with Gasteiger partial charge in [-0.1, -0.05) is 0 Å². The van der Waals surface area contributed by atoms with Crippen LogP contribution in [0.25, 0.3) is 0 Å². The lowest BCUT2D eigenvalue weighted by molar-refractivity contribution is -0.139. The number of hydrogen-bond donors (Lipinski definition) is 7. The first-order valence-electron chi connectivity index (χ1n) is 6.43. The molecule has 0 aromatic rings. The van der Waals surface area contributed by atoms with Crippen LogP contribution in [0.3, 0.4) is 0 Å². The Kier molecular flexibility index (Phi) is 8.56. The standard InChI is InChI=1S/C11H17NO6.CH5N3/c1-6(14)12-8-2-3-9(11(16)17)18-10(8)4-7(15)5-13;2-1(3)4/h3,7-8,10,13,15H,2,4-5H2,1H3,(H,12,14)(H,16,17);(H5,2,3,4). The Bertz CT molecular complexity index is 435. The topological polar surface area (TPSA) is 192 Å². The van der Waals surface area contributed by atoms with Crippen molar-refractivity contribution in [2.24, 2.45) is 11.5 Å². The highest BCUT2D eigenvalue weighted by molar-refractivity contribution is 5.84. The SMILES string of the molecule is CC(=O)NC1CC=C(C(=O)O)OC1CC(O)CO.N=C(N)N. The summed E-state index contributed by atoms with van der Waals surface area (Å²) >= 11 is 0. The molecular formula is C12H22N4O6. The lowest BCUT2D eigenvalue weighted by Crippen LogP contribution is -2.47. The molecule has 0 aromatic carbocycles. The van der Waals surface area contributed by atoms with Gasteiger partial charge in [0.2, 0.25) is 11.7 Å². The van der Waals surface area contributed by atoms with Crippen molar-refractivity contribution in [2.45, 2.75) is 38.0 Å². The van der Waals surface area contributed by atoms with Crippen LogP contribution >= 0.6 is 0 Å². The maximum atomic E-state index is 11.0. The van der Waals surface area contributed by atoms with Gasteiger partial charge in [-0.05, 0) is 12.5 Å². The Hall–Kier alpha value is -2.33. The van der Waals surface area contributed by atoms with Crippen molar-refractivity contribution < 1.29 is 29.6 Å². The van der Waals surface area contributed by atoms with E-state index in [0.717, 1.165) is 0 Å². The molecule has 3 unspecified atom stereocenters. The number of aliphatic hydroxyl groups is 2. The first kappa shape index (κ1) is 19.7. The molecule has 0 fully saturated rings. The number of amides is 1. The van der Waals surface area contributed by atoms with E-state index in [9.17, 15) is 14.7 Å². The number of aliphatic carboxylic acids is 1. The predicted molar refractivity (Wildman–Crippen MR) is 76.6 cm³/mol. The quantitative estimate of drug-likeness (QED) is 0.220. The Morgan fingerprint density at radius 2 is 2.09 bits per heavy atom. The van der Waals surface area contributed by atoms with Crippen LogP contribution in [-0.2, 0) is 14.3 Å². The number of carbonyl (C=O) groups excluding carboxylic acids is 1. The largest absolute Gasteiger partial charge is 0.481 e. The van der Waals surface area contributed by atoms with Crippen molar-refractivity contribution in [3.8, 4) is 0 Å². The van der Waals surface area contributed by atoms with Gasteiger partial charge in [-0.2, -0.15) is 0 Å². The highest BCUT2D eigenvalue weighted by Gasteiger charge is 2.31. The van der Waals surface area contributed by atoms with Crippen molar-refractivity contribution in [1.82, 2.24) is 5.32 Å². The number of carbonyl (C=O) groups is 2. The zero-order valence-electron chi connectivity index (χ0n) is 12.2. The van der Waals surface area contributed by atoms with E-state index in [4.69, 9.17) is 20.4 Å². The molecule has 126 valence electrons. The van der Waals surface area contributed by atoms with Crippen LogP contribution < -0.4 is 16.8 Å². The molecule has 22 heavy (non-hydrogen) atoms. The number of rotatable bonds is 5. The molecule has 3 atom stereocenters. The molecule has 0 radical (unpaired) electrons. The van der Waals surface area contributed by atoms with Gasteiger partial charge < -0.3 is 36.8 Å². The summed E-state index contributed by atoms with van der Waals surface area (Å²) in [5.41, 5.74) is 8.94. The summed E-state index contributed by atoms with van der Waals surface area (Å²) in [5, 5.41) is 35.7. The number of guanidine groups is 1. The molecular weight excluding hydrogens is 296 g/mol. The number of carboxylic acid groups (broad SMARTS) is 1. The Balaban J connectivity index is 0.000000980. The van der Waals surface area contributed by atoms with Gasteiger partial charge in [0.25, 0.3) is 0 Å². The maximum Gasteiger partial charge on any atom is 0.370 e. The van der Waals surface area contributed by atoms with Gasteiger partial charge in [-0.15, -0.1) is 0 Å². The van der Waals surface area contributed by atoms with Gasteiger partial charge in [0.1, 0.15) is 6.10 Å². The summed E-state index contributed by atoms with van der Waals surface area (Å²) in [4.78, 5) is 21.8. The van der Waals surface area contributed by atoms with Gasteiger partial charge in [0.05, 0.1) is 18.8 Å². The minimum atomic E-state index is -1.19. The third-order valence-electron chi connectivity index (χ3n) is 2.60.